The second-order valence-corrected chi connectivity index (χ2v) is 10.0. The van der Waals surface area contributed by atoms with Gasteiger partial charge in [-0.2, -0.15) is 0 Å². The van der Waals surface area contributed by atoms with Crippen LogP contribution < -0.4 is 5.73 Å². The van der Waals surface area contributed by atoms with E-state index in [0.29, 0.717) is 35.7 Å². The van der Waals surface area contributed by atoms with Crippen molar-refractivity contribution in [3.05, 3.63) is 45.8 Å². The van der Waals surface area contributed by atoms with Crippen molar-refractivity contribution in [2.45, 2.75) is 44.2 Å². The molecule has 1 aromatic carbocycles. The van der Waals surface area contributed by atoms with Gasteiger partial charge in [0.15, 0.2) is 15.7 Å². The van der Waals surface area contributed by atoms with Crippen LogP contribution in [-0.4, -0.2) is 35.8 Å². The highest BCUT2D eigenvalue weighted by Crippen LogP contribution is 2.29. The minimum Gasteiger partial charge on any atom is -0.382 e. The third-order valence-corrected chi connectivity index (χ3v) is 7.51. The van der Waals surface area contributed by atoms with Crippen molar-refractivity contribution < 1.29 is 13.2 Å². The van der Waals surface area contributed by atoms with E-state index < -0.39 is 9.84 Å². The maximum Gasteiger partial charge on any atom is 0.179 e. The van der Waals surface area contributed by atoms with E-state index in [1.165, 1.54) is 18.2 Å². The Balaban J connectivity index is 1.80. The van der Waals surface area contributed by atoms with E-state index in [-0.39, 0.29) is 21.8 Å². The summed E-state index contributed by atoms with van der Waals surface area (Å²) in [5.41, 5.74) is 8.49. The van der Waals surface area contributed by atoms with E-state index in [1.54, 1.807) is 13.3 Å². The molecule has 0 aliphatic carbocycles. The first-order valence-corrected chi connectivity index (χ1v) is 11.9. The van der Waals surface area contributed by atoms with Crippen molar-refractivity contribution in [3.8, 4) is 0 Å². The number of sulfone groups is 1. The molecule has 0 saturated heterocycles. The van der Waals surface area contributed by atoms with Crippen LogP contribution in [0.5, 0.6) is 0 Å². The zero-order valence-electron chi connectivity index (χ0n) is 17.0. The second-order valence-electron chi connectivity index (χ2n) is 7.12. The van der Waals surface area contributed by atoms with Crippen LogP contribution in [0.4, 0.5) is 5.82 Å². The van der Waals surface area contributed by atoms with Crippen molar-refractivity contribution in [2.75, 3.05) is 18.6 Å². The fourth-order valence-corrected chi connectivity index (χ4v) is 5.58. The second kappa shape index (κ2) is 9.09. The van der Waals surface area contributed by atoms with Crippen LogP contribution in [-0.2, 0) is 21.1 Å². The largest absolute Gasteiger partial charge is 0.382 e. The van der Waals surface area contributed by atoms with Crippen molar-refractivity contribution in [1.29, 1.82) is 0 Å². The number of nitrogens with two attached hydrogens (primary N) is 1. The molecule has 7 nitrogen and oxygen atoms in total. The normalized spacial score (nSPS) is 13.1. The van der Waals surface area contributed by atoms with Crippen molar-refractivity contribution in [2.24, 2.45) is 0 Å². The Bertz CT molecular complexity index is 1180. The summed E-state index contributed by atoms with van der Waals surface area (Å²) in [7, 11) is -1.89. The molecule has 0 bridgehead atoms. The number of hydrogen-bond acceptors (Lipinski definition) is 6. The molecule has 10 heteroatoms. The van der Waals surface area contributed by atoms with Gasteiger partial charge in [-0.3, -0.25) is 0 Å². The number of nitrogen functional groups attached to an aromatic ring is 1. The molecule has 30 heavy (non-hydrogen) atoms. The Hall–Kier alpha value is -1.87. The summed E-state index contributed by atoms with van der Waals surface area (Å²) >= 11 is 11.9. The minimum atomic E-state index is -3.51. The van der Waals surface area contributed by atoms with E-state index >= 15 is 0 Å². The van der Waals surface area contributed by atoms with Crippen LogP contribution in [0.1, 0.15) is 37.3 Å². The Kier molecular flexibility index (Phi) is 6.91. The summed E-state index contributed by atoms with van der Waals surface area (Å²) in [6, 6.07) is 4.41. The number of unbranched alkanes of at least 4 members (excludes halogenated alkanes) is 1. The number of pyridine rings is 1. The van der Waals surface area contributed by atoms with Gasteiger partial charge in [0.2, 0.25) is 0 Å². The zero-order valence-corrected chi connectivity index (χ0v) is 19.4. The molecule has 0 aliphatic rings. The average molecular weight is 471 g/mol. The third-order valence-electron chi connectivity index (χ3n) is 5.00. The lowest BCUT2D eigenvalue weighted by Gasteiger charge is -2.14. The van der Waals surface area contributed by atoms with E-state index in [2.05, 4.69) is 9.97 Å². The maximum absolute atomic E-state index is 12.7. The van der Waals surface area contributed by atoms with Gasteiger partial charge in [-0.25, -0.2) is 18.4 Å². The number of imidazole rings is 1. The highest BCUT2D eigenvalue weighted by atomic mass is 35.5. The molecule has 0 saturated carbocycles. The number of ether oxygens (including phenoxy) is 1. The monoisotopic (exact) mass is 470 g/mol. The highest BCUT2D eigenvalue weighted by Gasteiger charge is 2.21. The predicted molar refractivity (Wildman–Crippen MR) is 120 cm³/mol. The molecule has 0 radical (unpaired) electrons. The zero-order chi connectivity index (χ0) is 22.1. The summed E-state index contributed by atoms with van der Waals surface area (Å²) in [6.45, 7) is 4.43. The fraction of sp³-hybridized carbons (Fsp3) is 0.400. The van der Waals surface area contributed by atoms with Crippen LogP contribution >= 0.6 is 23.2 Å². The lowest BCUT2D eigenvalue weighted by atomic mass is 10.2. The molecule has 162 valence electrons. The van der Waals surface area contributed by atoms with E-state index in [9.17, 15) is 8.42 Å². The molecule has 0 aliphatic heterocycles. The summed E-state index contributed by atoms with van der Waals surface area (Å²) in [4.78, 5) is 8.93. The van der Waals surface area contributed by atoms with Gasteiger partial charge in [-0.15, -0.1) is 0 Å². The van der Waals surface area contributed by atoms with Crippen molar-refractivity contribution in [3.63, 3.8) is 0 Å². The Labute approximate surface area is 186 Å². The SMILES string of the molecule is COC(C)c1nc2c(N)ncc(C)c2n1CCCCS(=O)(=O)c1ccc(Cl)cc1Cl. The number of anilines is 1. The van der Waals surface area contributed by atoms with Gasteiger partial charge in [0, 0.05) is 24.9 Å². The molecule has 0 spiro atoms. The first-order chi connectivity index (χ1) is 14.2. The van der Waals surface area contributed by atoms with Gasteiger partial charge in [0.25, 0.3) is 0 Å². The topological polar surface area (TPSA) is 100 Å². The summed E-state index contributed by atoms with van der Waals surface area (Å²) in [5.74, 6) is 1.08. The number of methoxy groups -OCH3 is 1. The molecule has 0 fully saturated rings. The van der Waals surface area contributed by atoms with Crippen molar-refractivity contribution in [1.82, 2.24) is 14.5 Å². The standard InChI is InChI=1S/C20H24Cl2N4O3S/c1-12-11-24-19(23)17-18(12)26(20(25-17)13(2)29-3)8-4-5-9-30(27,28)16-7-6-14(21)10-15(16)22/h6-7,10-11,13H,4-5,8-9H2,1-3H3,(H2,23,24). The Morgan fingerprint density at radius 2 is 2.00 bits per heavy atom. The van der Waals surface area contributed by atoms with E-state index in [4.69, 9.17) is 33.7 Å². The molecular weight excluding hydrogens is 447 g/mol. The lowest BCUT2D eigenvalue weighted by molar-refractivity contribution is 0.109. The third kappa shape index (κ3) is 4.56. The van der Waals surface area contributed by atoms with Crippen LogP contribution in [0.3, 0.4) is 0 Å². The van der Waals surface area contributed by atoms with Gasteiger partial charge in [-0.05, 0) is 50.5 Å². The van der Waals surface area contributed by atoms with Gasteiger partial charge >= 0.3 is 0 Å². The smallest absolute Gasteiger partial charge is 0.179 e. The molecule has 3 aromatic rings. The molecule has 1 unspecified atom stereocenters. The quantitative estimate of drug-likeness (QED) is 0.483. The van der Waals surface area contributed by atoms with Gasteiger partial charge in [0.1, 0.15) is 17.4 Å². The van der Waals surface area contributed by atoms with Crippen molar-refractivity contribution >= 4 is 49.9 Å². The first kappa shape index (κ1) is 22.8. The summed E-state index contributed by atoms with van der Waals surface area (Å²) in [6.07, 6.45) is 2.56. The number of benzene rings is 1. The molecule has 2 N–H and O–H groups in total. The Morgan fingerprint density at radius 1 is 1.27 bits per heavy atom. The summed E-state index contributed by atoms with van der Waals surface area (Å²) in [5, 5.41) is 0.535. The molecule has 2 aromatic heterocycles. The highest BCUT2D eigenvalue weighted by molar-refractivity contribution is 7.91. The van der Waals surface area contributed by atoms with Crippen LogP contribution in [0.15, 0.2) is 29.3 Å². The van der Waals surface area contributed by atoms with Gasteiger partial charge in [-0.1, -0.05) is 23.2 Å². The number of halogens is 2. The molecule has 1 atom stereocenters. The number of fused-ring (bicyclic) bond motifs is 1. The predicted octanol–water partition coefficient (Wildman–Crippen LogP) is 4.59. The first-order valence-electron chi connectivity index (χ1n) is 9.47. The number of nitrogens with zero attached hydrogens (tertiary/aromatic N) is 3. The van der Waals surface area contributed by atoms with Crippen LogP contribution in [0.2, 0.25) is 10.0 Å². The molecular formula is C20H24Cl2N4O3S. The number of aromatic nitrogens is 3. The van der Waals surface area contributed by atoms with Crippen LogP contribution in [0.25, 0.3) is 11.0 Å². The number of hydrogen-bond donors (Lipinski definition) is 1. The summed E-state index contributed by atoms with van der Waals surface area (Å²) < 4.78 is 32.8. The van der Waals surface area contributed by atoms with E-state index in [0.717, 1.165) is 16.9 Å². The lowest BCUT2D eigenvalue weighted by Crippen LogP contribution is -2.12. The van der Waals surface area contributed by atoms with Crippen LogP contribution in [0, 0.1) is 6.92 Å². The average Bonchev–Trinajstić information content (AvgIpc) is 3.08. The minimum absolute atomic E-state index is 0.0151. The Morgan fingerprint density at radius 3 is 2.67 bits per heavy atom. The maximum atomic E-state index is 12.7. The van der Waals surface area contributed by atoms with E-state index in [1.807, 2.05) is 18.4 Å². The van der Waals surface area contributed by atoms with Gasteiger partial charge in [0.05, 0.1) is 21.2 Å². The molecule has 3 rings (SSSR count). The number of rotatable bonds is 8. The number of aryl methyl sites for hydroxylation is 2. The van der Waals surface area contributed by atoms with Gasteiger partial charge < -0.3 is 15.0 Å². The molecule has 0 amide bonds. The molecule has 2 heterocycles. The fourth-order valence-electron chi connectivity index (χ4n) is 3.38.